The number of piperidine rings is 1. The van der Waals surface area contributed by atoms with Gasteiger partial charge in [-0.3, -0.25) is 5.10 Å². The van der Waals surface area contributed by atoms with Crippen molar-refractivity contribution in [2.75, 3.05) is 13.1 Å². The molecule has 1 aliphatic carbocycles. The Morgan fingerprint density at radius 1 is 1.38 bits per heavy atom. The van der Waals surface area contributed by atoms with Crippen LogP contribution in [0.5, 0.6) is 0 Å². The molecule has 3 heterocycles. The Morgan fingerprint density at radius 2 is 2.23 bits per heavy atom. The normalized spacial score (nSPS) is 20.6. The highest BCUT2D eigenvalue weighted by atomic mass is 16.5. The summed E-state index contributed by atoms with van der Waals surface area (Å²) in [6.45, 7) is 5.92. The first-order valence-corrected chi connectivity index (χ1v) is 9.50. The molecule has 0 radical (unpaired) electrons. The van der Waals surface area contributed by atoms with Crippen molar-refractivity contribution in [1.29, 1.82) is 0 Å². The molecule has 26 heavy (non-hydrogen) atoms. The maximum absolute atomic E-state index is 12.5. The molecule has 1 aliphatic heterocycles. The molecule has 8 heteroatoms. The van der Waals surface area contributed by atoms with E-state index in [0.29, 0.717) is 24.9 Å². The van der Waals surface area contributed by atoms with Crippen LogP contribution in [0.2, 0.25) is 0 Å². The van der Waals surface area contributed by atoms with Gasteiger partial charge in [0.05, 0.1) is 23.9 Å². The molecule has 0 bridgehead atoms. The van der Waals surface area contributed by atoms with E-state index in [9.17, 15) is 4.79 Å². The molecule has 1 saturated carbocycles. The number of urea groups is 1. The zero-order valence-corrected chi connectivity index (χ0v) is 15.4. The fourth-order valence-corrected chi connectivity index (χ4v) is 3.35. The van der Waals surface area contributed by atoms with Gasteiger partial charge >= 0.3 is 6.03 Å². The van der Waals surface area contributed by atoms with Gasteiger partial charge in [0.1, 0.15) is 0 Å². The summed E-state index contributed by atoms with van der Waals surface area (Å²) in [7, 11) is 0. The van der Waals surface area contributed by atoms with Gasteiger partial charge < -0.3 is 14.7 Å². The van der Waals surface area contributed by atoms with E-state index in [0.717, 1.165) is 36.6 Å². The van der Waals surface area contributed by atoms with Crippen molar-refractivity contribution in [2.45, 2.75) is 63.8 Å². The molecule has 2 aliphatic rings. The summed E-state index contributed by atoms with van der Waals surface area (Å²) in [5.41, 5.74) is 2.07. The Hall–Kier alpha value is -2.38. The summed E-state index contributed by atoms with van der Waals surface area (Å²) in [6.07, 6.45) is 4.35. The van der Waals surface area contributed by atoms with Gasteiger partial charge in [-0.2, -0.15) is 10.1 Å². The van der Waals surface area contributed by atoms with Gasteiger partial charge in [-0.1, -0.05) is 19.0 Å². The summed E-state index contributed by atoms with van der Waals surface area (Å²) < 4.78 is 5.42. The number of hydrogen-bond acceptors (Lipinski definition) is 5. The summed E-state index contributed by atoms with van der Waals surface area (Å²) >= 11 is 0. The van der Waals surface area contributed by atoms with Crippen molar-refractivity contribution in [2.24, 2.45) is 0 Å². The van der Waals surface area contributed by atoms with Crippen LogP contribution in [0.3, 0.4) is 0 Å². The number of H-pyrrole nitrogens is 1. The van der Waals surface area contributed by atoms with E-state index in [1.807, 2.05) is 18.7 Å². The largest absolute Gasteiger partial charge is 0.339 e. The third-order valence-corrected chi connectivity index (χ3v) is 5.11. The van der Waals surface area contributed by atoms with E-state index in [2.05, 4.69) is 31.7 Å². The van der Waals surface area contributed by atoms with Crippen LogP contribution in [0.4, 0.5) is 4.79 Å². The monoisotopic (exact) mass is 358 g/mol. The minimum Gasteiger partial charge on any atom is -0.339 e. The lowest BCUT2D eigenvalue weighted by Crippen LogP contribution is -2.44. The molecule has 2 N–H and O–H groups in total. The molecule has 2 aromatic heterocycles. The Bertz CT molecular complexity index is 763. The van der Waals surface area contributed by atoms with Crippen LogP contribution in [0.1, 0.15) is 80.4 Å². The first kappa shape index (κ1) is 17.1. The number of carbonyl (C=O) groups is 1. The van der Waals surface area contributed by atoms with Crippen LogP contribution in [0, 0.1) is 0 Å². The molecule has 0 aromatic carbocycles. The zero-order valence-electron chi connectivity index (χ0n) is 15.4. The van der Waals surface area contributed by atoms with Gasteiger partial charge in [0.15, 0.2) is 5.82 Å². The van der Waals surface area contributed by atoms with E-state index < -0.39 is 0 Å². The van der Waals surface area contributed by atoms with Crippen molar-refractivity contribution in [3.8, 4) is 0 Å². The molecule has 4 rings (SSSR count). The van der Waals surface area contributed by atoms with Crippen LogP contribution in [-0.4, -0.2) is 44.4 Å². The zero-order chi connectivity index (χ0) is 18.1. The molecular formula is C18H26N6O2. The molecule has 1 saturated heterocycles. The second-order valence-electron chi connectivity index (χ2n) is 7.68. The lowest BCUT2D eigenvalue weighted by atomic mass is 9.98. The fraction of sp³-hybridized carbons (Fsp3) is 0.667. The number of aromatic nitrogens is 4. The molecule has 0 spiro atoms. The predicted octanol–water partition coefficient (Wildman–Crippen LogP) is 2.88. The van der Waals surface area contributed by atoms with Crippen LogP contribution in [0.15, 0.2) is 10.6 Å². The average molecular weight is 358 g/mol. The number of likely N-dealkylation sites (tertiary alicyclic amines) is 1. The van der Waals surface area contributed by atoms with E-state index in [-0.39, 0.29) is 17.9 Å². The van der Waals surface area contributed by atoms with Crippen LogP contribution < -0.4 is 5.32 Å². The number of rotatable bonds is 5. The topological polar surface area (TPSA) is 99.9 Å². The quantitative estimate of drug-likeness (QED) is 0.856. The predicted molar refractivity (Wildman–Crippen MR) is 94.7 cm³/mol. The van der Waals surface area contributed by atoms with Crippen LogP contribution >= 0.6 is 0 Å². The van der Waals surface area contributed by atoms with E-state index in [1.165, 1.54) is 12.8 Å². The maximum atomic E-state index is 12.5. The average Bonchev–Trinajstić information content (AvgIpc) is 3.19. The number of nitrogens with one attached hydrogen (secondary N) is 2. The van der Waals surface area contributed by atoms with E-state index in [1.54, 1.807) is 0 Å². The van der Waals surface area contributed by atoms with Crippen molar-refractivity contribution in [1.82, 2.24) is 30.6 Å². The number of amides is 2. The van der Waals surface area contributed by atoms with Crippen molar-refractivity contribution in [3.05, 3.63) is 29.2 Å². The van der Waals surface area contributed by atoms with Gasteiger partial charge in [0.2, 0.25) is 5.89 Å². The summed E-state index contributed by atoms with van der Waals surface area (Å²) in [5.74, 6) is 2.35. The van der Waals surface area contributed by atoms with Gasteiger partial charge in [-0.05, 0) is 31.7 Å². The summed E-state index contributed by atoms with van der Waals surface area (Å²) in [5, 5.41) is 14.4. The smallest absolute Gasteiger partial charge is 0.317 e. The maximum Gasteiger partial charge on any atom is 0.317 e. The fourth-order valence-electron chi connectivity index (χ4n) is 3.35. The molecule has 1 atom stereocenters. The summed E-state index contributed by atoms with van der Waals surface area (Å²) in [6, 6.07) is 2.00. The third-order valence-electron chi connectivity index (χ3n) is 5.11. The summed E-state index contributed by atoms with van der Waals surface area (Å²) in [4.78, 5) is 18.9. The lowest BCUT2D eigenvalue weighted by molar-refractivity contribution is 0.171. The number of aromatic amines is 1. The molecule has 2 aromatic rings. The number of nitrogens with zero attached hydrogens (tertiary/aromatic N) is 4. The lowest BCUT2D eigenvalue weighted by Gasteiger charge is -2.31. The van der Waals surface area contributed by atoms with Crippen molar-refractivity contribution >= 4 is 6.03 Å². The van der Waals surface area contributed by atoms with Gasteiger partial charge in [0, 0.05) is 24.9 Å². The highest BCUT2D eigenvalue weighted by Gasteiger charge is 2.29. The van der Waals surface area contributed by atoms with Gasteiger partial charge in [-0.25, -0.2) is 4.79 Å². The van der Waals surface area contributed by atoms with Gasteiger partial charge in [0.25, 0.3) is 0 Å². The number of hydrogen-bond donors (Lipinski definition) is 2. The molecule has 1 unspecified atom stereocenters. The van der Waals surface area contributed by atoms with E-state index >= 15 is 0 Å². The minimum atomic E-state index is -0.0547. The molecule has 140 valence electrons. The SMILES string of the molecule is CC(C)c1noc(C2CCCN(C(=O)NCc3cc(C4CC4)n[nH]3)C2)n1. The Balaban J connectivity index is 1.31. The van der Waals surface area contributed by atoms with Crippen LogP contribution in [0.25, 0.3) is 0 Å². The third kappa shape index (κ3) is 3.73. The first-order chi connectivity index (χ1) is 12.6. The van der Waals surface area contributed by atoms with E-state index in [4.69, 9.17) is 4.52 Å². The van der Waals surface area contributed by atoms with Crippen molar-refractivity contribution < 1.29 is 9.32 Å². The molecular weight excluding hydrogens is 332 g/mol. The minimum absolute atomic E-state index is 0.0547. The first-order valence-electron chi connectivity index (χ1n) is 9.50. The Morgan fingerprint density at radius 3 is 2.96 bits per heavy atom. The molecule has 2 amide bonds. The Labute approximate surface area is 152 Å². The molecule has 8 nitrogen and oxygen atoms in total. The second kappa shape index (κ2) is 7.09. The Kier molecular flexibility index (Phi) is 4.65. The van der Waals surface area contributed by atoms with Crippen LogP contribution in [-0.2, 0) is 6.54 Å². The highest BCUT2D eigenvalue weighted by Crippen LogP contribution is 2.39. The second-order valence-corrected chi connectivity index (χ2v) is 7.68. The van der Waals surface area contributed by atoms with Crippen molar-refractivity contribution in [3.63, 3.8) is 0 Å². The molecule has 2 fully saturated rings. The van der Waals surface area contributed by atoms with Gasteiger partial charge in [-0.15, -0.1) is 0 Å². The number of carbonyl (C=O) groups excluding carboxylic acids is 1. The standard InChI is InChI=1S/C18H26N6O2/c1-11(2)16-20-17(26-23-16)13-4-3-7-24(10-13)18(25)19-9-14-8-15(22-21-14)12-5-6-12/h8,11-13H,3-7,9-10H2,1-2H3,(H,19,25)(H,21,22). The highest BCUT2D eigenvalue weighted by molar-refractivity contribution is 5.74.